The third-order valence-corrected chi connectivity index (χ3v) is 8.34. The van der Waals surface area contributed by atoms with E-state index in [9.17, 15) is 14.4 Å². The van der Waals surface area contributed by atoms with Gasteiger partial charge in [0.1, 0.15) is 6.04 Å². The van der Waals surface area contributed by atoms with E-state index in [0.717, 1.165) is 28.7 Å². The molecule has 0 unspecified atom stereocenters. The molecule has 0 saturated heterocycles. The average Bonchev–Trinajstić information content (AvgIpc) is 3.26. The standard InChI is InChI=1S/C35H43N3O6/c1-8-21(2)32(35(41)38(4)20-23-12-10-9-11-13-23)37-28-17-15-25-26(19-29(28)40)27(36-22(3)39)16-14-24-18-30(42-5)33(43-6)34(44-7)31(24)25/h9-13,15,17-19,21,27,32H,8,14,16,20H2,1-7H3,(H,36,39)(H,37,40)/t21-,27+,32+/m1/s1. The maximum Gasteiger partial charge on any atom is 0.245 e. The quantitative estimate of drug-likeness (QED) is 0.305. The maximum atomic E-state index is 13.9. The van der Waals surface area contributed by atoms with Crippen molar-refractivity contribution in [2.45, 2.75) is 58.7 Å². The van der Waals surface area contributed by atoms with Gasteiger partial charge in [-0.3, -0.25) is 14.4 Å². The third-order valence-electron chi connectivity index (χ3n) is 8.34. The molecule has 1 aliphatic rings. The van der Waals surface area contributed by atoms with Gasteiger partial charge in [0.15, 0.2) is 11.5 Å². The number of anilines is 1. The predicted octanol–water partition coefficient (Wildman–Crippen LogP) is 5.35. The number of nitrogens with zero attached hydrogens (tertiary/aromatic N) is 1. The first-order valence-electron chi connectivity index (χ1n) is 15.0. The Morgan fingerprint density at radius 3 is 2.32 bits per heavy atom. The van der Waals surface area contributed by atoms with Crippen molar-refractivity contribution in [2.24, 2.45) is 5.92 Å². The number of hydrogen-bond donors (Lipinski definition) is 2. The molecule has 0 fully saturated rings. The fourth-order valence-electron chi connectivity index (χ4n) is 5.85. The number of nitrogens with one attached hydrogen (secondary N) is 2. The Morgan fingerprint density at radius 2 is 1.70 bits per heavy atom. The lowest BCUT2D eigenvalue weighted by Crippen LogP contribution is -2.45. The summed E-state index contributed by atoms with van der Waals surface area (Å²) in [7, 11) is 6.47. The third kappa shape index (κ3) is 6.82. The smallest absolute Gasteiger partial charge is 0.245 e. The molecular weight excluding hydrogens is 558 g/mol. The lowest BCUT2D eigenvalue weighted by molar-refractivity contribution is -0.132. The van der Waals surface area contributed by atoms with Crippen LogP contribution in [-0.4, -0.2) is 51.1 Å². The maximum absolute atomic E-state index is 13.9. The number of carbonyl (C=O) groups is 2. The highest BCUT2D eigenvalue weighted by molar-refractivity contribution is 5.86. The summed E-state index contributed by atoms with van der Waals surface area (Å²) in [6.07, 6.45) is 1.90. The van der Waals surface area contributed by atoms with Crippen LogP contribution in [0.2, 0.25) is 0 Å². The van der Waals surface area contributed by atoms with Crippen molar-refractivity contribution < 1.29 is 23.8 Å². The number of carbonyl (C=O) groups excluding carboxylic acids is 2. The molecule has 4 rings (SSSR count). The molecule has 0 saturated carbocycles. The monoisotopic (exact) mass is 601 g/mol. The number of hydrogen-bond acceptors (Lipinski definition) is 7. The van der Waals surface area contributed by atoms with E-state index in [4.69, 9.17) is 14.2 Å². The number of ether oxygens (including phenoxy) is 3. The average molecular weight is 602 g/mol. The highest BCUT2D eigenvalue weighted by Crippen LogP contribution is 2.50. The molecule has 9 heteroatoms. The second kappa shape index (κ2) is 14.3. The first kappa shape index (κ1) is 32.4. The van der Waals surface area contributed by atoms with E-state index in [1.165, 1.54) is 6.92 Å². The highest BCUT2D eigenvalue weighted by atomic mass is 16.5. The van der Waals surface area contributed by atoms with Gasteiger partial charge in [0.25, 0.3) is 0 Å². The predicted molar refractivity (Wildman–Crippen MR) is 172 cm³/mol. The summed E-state index contributed by atoms with van der Waals surface area (Å²) in [6.45, 7) is 5.95. The van der Waals surface area contributed by atoms with Gasteiger partial charge < -0.3 is 29.7 Å². The highest BCUT2D eigenvalue weighted by Gasteiger charge is 2.31. The molecule has 0 spiro atoms. The summed E-state index contributed by atoms with van der Waals surface area (Å²) in [5, 5.41) is 6.34. The Bertz CT molecular complexity index is 1560. The summed E-state index contributed by atoms with van der Waals surface area (Å²) >= 11 is 0. The number of amides is 2. The van der Waals surface area contributed by atoms with E-state index in [-0.39, 0.29) is 23.2 Å². The van der Waals surface area contributed by atoms with Crippen LogP contribution in [0.1, 0.15) is 56.3 Å². The van der Waals surface area contributed by atoms with Crippen molar-refractivity contribution in [2.75, 3.05) is 33.7 Å². The van der Waals surface area contributed by atoms with Crippen LogP contribution in [-0.2, 0) is 22.6 Å². The van der Waals surface area contributed by atoms with Crippen molar-refractivity contribution in [1.29, 1.82) is 0 Å². The van der Waals surface area contributed by atoms with E-state index in [0.29, 0.717) is 47.9 Å². The van der Waals surface area contributed by atoms with Crippen LogP contribution in [0.4, 0.5) is 5.69 Å². The summed E-state index contributed by atoms with van der Waals surface area (Å²) in [5.41, 5.74) is 4.14. The van der Waals surface area contributed by atoms with E-state index >= 15 is 0 Å². The first-order valence-corrected chi connectivity index (χ1v) is 15.0. The fourth-order valence-corrected chi connectivity index (χ4v) is 5.85. The van der Waals surface area contributed by atoms with Gasteiger partial charge in [-0.05, 0) is 59.2 Å². The Kier molecular flexibility index (Phi) is 10.5. The molecule has 2 amide bonds. The van der Waals surface area contributed by atoms with E-state index in [2.05, 4.69) is 10.6 Å². The van der Waals surface area contributed by atoms with Crippen LogP contribution in [0.15, 0.2) is 59.4 Å². The molecule has 44 heavy (non-hydrogen) atoms. The second-order valence-corrected chi connectivity index (χ2v) is 11.3. The Morgan fingerprint density at radius 1 is 1.00 bits per heavy atom. The van der Waals surface area contributed by atoms with Gasteiger partial charge in [0.05, 0.1) is 33.1 Å². The number of aryl methyl sites for hydroxylation is 1. The molecule has 0 aromatic heterocycles. The Hall–Kier alpha value is -4.53. The lowest BCUT2D eigenvalue weighted by Gasteiger charge is -2.28. The van der Waals surface area contributed by atoms with Crippen molar-refractivity contribution in [3.8, 4) is 28.4 Å². The van der Waals surface area contributed by atoms with Crippen LogP contribution in [0.3, 0.4) is 0 Å². The molecule has 234 valence electrons. The summed E-state index contributed by atoms with van der Waals surface area (Å²) < 4.78 is 17.2. The van der Waals surface area contributed by atoms with E-state index in [1.54, 1.807) is 45.4 Å². The summed E-state index contributed by atoms with van der Waals surface area (Å²) in [6, 6.07) is 15.8. The molecule has 0 radical (unpaired) electrons. The summed E-state index contributed by atoms with van der Waals surface area (Å²) in [4.78, 5) is 41.6. The van der Waals surface area contributed by atoms with Crippen LogP contribution < -0.4 is 30.3 Å². The number of likely N-dealkylation sites (N-methyl/N-ethyl adjacent to an activating group) is 1. The molecule has 3 aromatic rings. The second-order valence-electron chi connectivity index (χ2n) is 11.3. The molecule has 0 bridgehead atoms. The van der Waals surface area contributed by atoms with Crippen molar-refractivity contribution in [3.05, 3.63) is 81.5 Å². The molecular formula is C35H43N3O6. The minimum atomic E-state index is -0.624. The van der Waals surface area contributed by atoms with Gasteiger partial charge in [0, 0.05) is 26.1 Å². The van der Waals surface area contributed by atoms with Crippen LogP contribution in [0.25, 0.3) is 11.1 Å². The molecule has 0 heterocycles. The van der Waals surface area contributed by atoms with Gasteiger partial charge in [0.2, 0.25) is 23.0 Å². The lowest BCUT2D eigenvalue weighted by atomic mass is 9.95. The number of fused-ring (bicyclic) bond motifs is 3. The molecule has 0 aliphatic heterocycles. The van der Waals surface area contributed by atoms with Crippen molar-refractivity contribution in [3.63, 3.8) is 0 Å². The Balaban J connectivity index is 1.84. The zero-order valence-corrected chi connectivity index (χ0v) is 26.7. The summed E-state index contributed by atoms with van der Waals surface area (Å²) in [5.74, 6) is 1.10. The zero-order chi connectivity index (χ0) is 32.0. The Labute approximate surface area is 259 Å². The number of benzene rings is 2. The van der Waals surface area contributed by atoms with E-state index in [1.807, 2.05) is 56.3 Å². The van der Waals surface area contributed by atoms with Crippen LogP contribution >= 0.6 is 0 Å². The van der Waals surface area contributed by atoms with Crippen molar-refractivity contribution in [1.82, 2.24) is 10.2 Å². The SMILES string of the molecule is CC[C@@H](C)[C@H](Nc1ccc2c(cc1=O)[C@@H](NC(C)=O)CCc1cc(OC)c(OC)c(OC)c1-2)C(=O)N(C)Cc1ccccc1. The molecule has 1 aliphatic carbocycles. The normalized spacial score (nSPS) is 15.0. The zero-order valence-electron chi connectivity index (χ0n) is 26.7. The van der Waals surface area contributed by atoms with Gasteiger partial charge in [-0.25, -0.2) is 0 Å². The van der Waals surface area contributed by atoms with Crippen LogP contribution in [0.5, 0.6) is 17.2 Å². The van der Waals surface area contributed by atoms with E-state index < -0.39 is 12.1 Å². The molecule has 3 aromatic carbocycles. The van der Waals surface area contributed by atoms with Gasteiger partial charge in [-0.2, -0.15) is 0 Å². The largest absolute Gasteiger partial charge is 0.493 e. The molecule has 3 atom stereocenters. The van der Waals surface area contributed by atoms with Gasteiger partial charge >= 0.3 is 0 Å². The van der Waals surface area contributed by atoms with Gasteiger partial charge in [-0.15, -0.1) is 0 Å². The molecule has 2 N–H and O–H groups in total. The topological polar surface area (TPSA) is 106 Å². The van der Waals surface area contributed by atoms with Crippen molar-refractivity contribution >= 4 is 17.5 Å². The van der Waals surface area contributed by atoms with Crippen LogP contribution in [0, 0.1) is 5.92 Å². The van der Waals surface area contributed by atoms with Gasteiger partial charge in [-0.1, -0.05) is 56.7 Å². The number of methoxy groups -OCH3 is 3. The fraction of sp³-hybridized carbons (Fsp3) is 0.400. The first-order chi connectivity index (χ1) is 21.1. The molecule has 9 nitrogen and oxygen atoms in total. The minimum absolute atomic E-state index is 0.0480. The number of rotatable bonds is 11. The minimum Gasteiger partial charge on any atom is -0.493 e.